The zero-order valence-corrected chi connectivity index (χ0v) is 17.4. The molecule has 2 aromatic rings. The Bertz CT molecular complexity index is 790. The van der Waals surface area contributed by atoms with Gasteiger partial charge in [0.05, 0.1) is 12.8 Å². The van der Waals surface area contributed by atoms with Crippen LogP contribution in [0.5, 0.6) is 11.5 Å². The highest BCUT2D eigenvalue weighted by molar-refractivity contribution is 5.87. The van der Waals surface area contributed by atoms with Crippen molar-refractivity contribution in [3.63, 3.8) is 0 Å². The van der Waals surface area contributed by atoms with Gasteiger partial charge in [-0.15, -0.1) is 0 Å². The summed E-state index contributed by atoms with van der Waals surface area (Å²) < 4.78 is 10.1. The Hall–Kier alpha value is -2.77. The number of carbonyl (C=O) groups excluding carboxylic acids is 1. The molecule has 0 fully saturated rings. The molecular formula is C22H30N2O5. The third-order valence-electron chi connectivity index (χ3n) is 4.45. The first kappa shape index (κ1) is 22.5. The van der Waals surface area contributed by atoms with Crippen molar-refractivity contribution in [1.82, 2.24) is 4.90 Å². The fourth-order valence-electron chi connectivity index (χ4n) is 2.77. The average molecular weight is 402 g/mol. The second-order valence-electron chi connectivity index (χ2n) is 7.77. The van der Waals surface area contributed by atoms with Crippen molar-refractivity contribution in [3.05, 3.63) is 54.1 Å². The molecule has 29 heavy (non-hydrogen) atoms. The molecule has 0 aliphatic carbocycles. The Kier molecular flexibility index (Phi) is 7.87. The maximum Gasteiger partial charge on any atom is 0.411 e. The van der Waals surface area contributed by atoms with E-state index in [4.69, 9.17) is 4.74 Å². The van der Waals surface area contributed by atoms with Crippen LogP contribution in [-0.4, -0.2) is 53.1 Å². The van der Waals surface area contributed by atoms with Crippen molar-refractivity contribution >= 4 is 11.8 Å². The van der Waals surface area contributed by atoms with Crippen molar-refractivity contribution in [1.29, 1.82) is 0 Å². The van der Waals surface area contributed by atoms with Gasteiger partial charge in [0.15, 0.2) is 11.5 Å². The number of para-hydroxylation sites is 1. The van der Waals surface area contributed by atoms with Crippen LogP contribution in [-0.2, 0) is 11.3 Å². The van der Waals surface area contributed by atoms with Crippen molar-refractivity contribution in [2.75, 3.05) is 25.6 Å². The molecule has 0 saturated carbocycles. The lowest BCUT2D eigenvalue weighted by Crippen LogP contribution is -2.46. The minimum atomic E-state index is -0.769. The molecule has 0 aliphatic heterocycles. The molecule has 7 heteroatoms. The number of aromatic hydroxyl groups is 1. The molecule has 7 nitrogen and oxygen atoms in total. The highest BCUT2D eigenvalue weighted by atomic mass is 16.5. The molecular weight excluding hydrogens is 372 g/mol. The molecule has 3 N–H and O–H groups in total. The Morgan fingerprint density at radius 1 is 1.14 bits per heavy atom. The van der Waals surface area contributed by atoms with E-state index in [9.17, 15) is 15.0 Å². The summed E-state index contributed by atoms with van der Waals surface area (Å²) in [7, 11) is 1.24. The second-order valence-corrected chi connectivity index (χ2v) is 7.77. The Labute approximate surface area is 171 Å². The lowest BCUT2D eigenvalue weighted by atomic mass is 10.0. The monoisotopic (exact) mass is 402 g/mol. The molecule has 0 saturated heterocycles. The van der Waals surface area contributed by atoms with Crippen LogP contribution in [0.1, 0.15) is 26.3 Å². The van der Waals surface area contributed by atoms with E-state index < -0.39 is 12.2 Å². The fraction of sp³-hybridized carbons (Fsp3) is 0.409. The van der Waals surface area contributed by atoms with E-state index in [1.54, 1.807) is 12.1 Å². The molecule has 0 aliphatic rings. The first-order chi connectivity index (χ1) is 13.7. The number of carbonyl (C=O) groups is 1. The van der Waals surface area contributed by atoms with Gasteiger partial charge < -0.3 is 19.7 Å². The van der Waals surface area contributed by atoms with E-state index >= 15 is 0 Å². The summed E-state index contributed by atoms with van der Waals surface area (Å²) in [6.07, 6.45) is -1.46. The quantitative estimate of drug-likeness (QED) is 0.585. The van der Waals surface area contributed by atoms with Gasteiger partial charge in [-0.25, -0.2) is 4.79 Å². The first-order valence-corrected chi connectivity index (χ1v) is 9.47. The molecule has 1 atom stereocenters. The summed E-state index contributed by atoms with van der Waals surface area (Å²) in [5, 5.41) is 23.2. The zero-order valence-electron chi connectivity index (χ0n) is 17.4. The van der Waals surface area contributed by atoms with Crippen molar-refractivity contribution in [3.8, 4) is 11.5 Å². The molecule has 158 valence electrons. The summed E-state index contributed by atoms with van der Waals surface area (Å²) in [4.78, 5) is 13.5. The van der Waals surface area contributed by atoms with E-state index in [2.05, 4.69) is 47.9 Å². The minimum Gasteiger partial charge on any atom is -0.503 e. The smallest absolute Gasteiger partial charge is 0.411 e. The number of aliphatic hydroxyl groups excluding tert-OH is 1. The van der Waals surface area contributed by atoms with Gasteiger partial charge in [-0.05, 0) is 38.5 Å². The number of hydrogen-bond donors (Lipinski definition) is 3. The number of nitrogens with zero attached hydrogens (tertiary/aromatic N) is 1. The normalized spacial score (nSPS) is 12.5. The number of phenols is 1. The maximum absolute atomic E-state index is 11.3. The number of benzene rings is 2. The van der Waals surface area contributed by atoms with Gasteiger partial charge in [0.2, 0.25) is 0 Å². The number of nitrogens with one attached hydrogen (secondary N) is 1. The molecule has 0 heterocycles. The van der Waals surface area contributed by atoms with Gasteiger partial charge in [-0.2, -0.15) is 0 Å². The topological polar surface area (TPSA) is 91.3 Å². The standard InChI is InChI=1S/C22H30N2O5/c1-22(2,3)24(13-16-9-6-5-7-10-16)14-17(25)15-29-19-12-8-11-18(20(19)26)23-21(27)28-4/h5-12,17,25-26H,13-15H2,1-4H3,(H,23,27). The van der Waals surface area contributed by atoms with E-state index in [-0.39, 0.29) is 29.3 Å². The molecule has 0 radical (unpaired) electrons. The predicted octanol–water partition coefficient (Wildman–Crippen LogP) is 3.61. The molecule has 0 bridgehead atoms. The van der Waals surface area contributed by atoms with E-state index in [0.29, 0.717) is 13.1 Å². The number of amides is 1. The molecule has 1 amide bonds. The number of anilines is 1. The maximum atomic E-state index is 11.3. The second kappa shape index (κ2) is 10.1. The average Bonchev–Trinajstić information content (AvgIpc) is 2.68. The number of phenolic OH excluding ortho intramolecular Hbond substituents is 1. The number of aliphatic hydroxyl groups is 1. The van der Waals surface area contributed by atoms with Crippen LogP contribution in [0, 0.1) is 0 Å². The first-order valence-electron chi connectivity index (χ1n) is 9.47. The Morgan fingerprint density at radius 3 is 2.45 bits per heavy atom. The van der Waals surface area contributed by atoms with Crippen molar-refractivity contribution < 1.29 is 24.5 Å². The highest BCUT2D eigenvalue weighted by Crippen LogP contribution is 2.34. The summed E-state index contributed by atoms with van der Waals surface area (Å²) in [6.45, 7) is 7.38. The van der Waals surface area contributed by atoms with Crippen LogP contribution in [0.25, 0.3) is 0 Å². The Balaban J connectivity index is 1.99. The molecule has 0 aromatic heterocycles. The zero-order chi connectivity index (χ0) is 21.4. The van der Waals surface area contributed by atoms with E-state index in [1.165, 1.54) is 13.2 Å². The largest absolute Gasteiger partial charge is 0.503 e. The third kappa shape index (κ3) is 6.96. The van der Waals surface area contributed by atoms with Crippen LogP contribution >= 0.6 is 0 Å². The number of β-amino-alcohol motifs (C(OH)–C–C–N with tert-alkyl or cyclic N) is 1. The van der Waals surface area contributed by atoms with E-state index in [0.717, 1.165) is 5.56 Å². The van der Waals surface area contributed by atoms with Crippen LogP contribution < -0.4 is 10.1 Å². The van der Waals surface area contributed by atoms with Crippen LogP contribution in [0.2, 0.25) is 0 Å². The van der Waals surface area contributed by atoms with Crippen LogP contribution in [0.15, 0.2) is 48.5 Å². The van der Waals surface area contributed by atoms with Gasteiger partial charge >= 0.3 is 6.09 Å². The lowest BCUT2D eigenvalue weighted by molar-refractivity contribution is 0.0280. The fourth-order valence-corrected chi connectivity index (χ4v) is 2.77. The van der Waals surface area contributed by atoms with Crippen molar-refractivity contribution in [2.45, 2.75) is 39.0 Å². The van der Waals surface area contributed by atoms with Gasteiger partial charge in [-0.3, -0.25) is 10.2 Å². The van der Waals surface area contributed by atoms with Crippen LogP contribution in [0.4, 0.5) is 10.5 Å². The van der Waals surface area contributed by atoms with Gasteiger partial charge in [-0.1, -0.05) is 36.4 Å². The van der Waals surface area contributed by atoms with Crippen LogP contribution in [0.3, 0.4) is 0 Å². The highest BCUT2D eigenvalue weighted by Gasteiger charge is 2.24. The molecule has 0 spiro atoms. The van der Waals surface area contributed by atoms with E-state index in [1.807, 2.05) is 18.2 Å². The summed E-state index contributed by atoms with van der Waals surface area (Å²) in [5.41, 5.74) is 1.18. The molecule has 1 unspecified atom stereocenters. The van der Waals surface area contributed by atoms with Gasteiger partial charge in [0, 0.05) is 18.6 Å². The summed E-state index contributed by atoms with van der Waals surface area (Å²) in [6, 6.07) is 14.8. The minimum absolute atomic E-state index is 0.00337. The Morgan fingerprint density at radius 2 is 1.83 bits per heavy atom. The van der Waals surface area contributed by atoms with Crippen molar-refractivity contribution in [2.24, 2.45) is 0 Å². The number of methoxy groups -OCH3 is 1. The molecule has 2 aromatic carbocycles. The molecule has 2 rings (SSSR count). The van der Waals surface area contributed by atoms with Gasteiger partial charge in [0.1, 0.15) is 12.7 Å². The summed E-state index contributed by atoms with van der Waals surface area (Å²) >= 11 is 0. The number of ether oxygens (including phenoxy) is 2. The van der Waals surface area contributed by atoms with Gasteiger partial charge in [0.25, 0.3) is 0 Å². The number of rotatable bonds is 8. The number of hydrogen-bond acceptors (Lipinski definition) is 6. The predicted molar refractivity (Wildman–Crippen MR) is 112 cm³/mol. The third-order valence-corrected chi connectivity index (χ3v) is 4.45. The summed E-state index contributed by atoms with van der Waals surface area (Å²) in [5.74, 6) is -0.0506. The lowest BCUT2D eigenvalue weighted by Gasteiger charge is -2.37. The SMILES string of the molecule is COC(=O)Nc1cccc(OCC(O)CN(Cc2ccccc2)C(C)(C)C)c1O.